The summed E-state index contributed by atoms with van der Waals surface area (Å²) < 4.78 is 0. The summed E-state index contributed by atoms with van der Waals surface area (Å²) in [6, 6.07) is 12.1. The molecule has 3 heteroatoms. The fourth-order valence-corrected chi connectivity index (χ4v) is 0.839. The van der Waals surface area contributed by atoms with Crippen LogP contribution in [0.5, 0.6) is 0 Å². The van der Waals surface area contributed by atoms with Gasteiger partial charge in [0.1, 0.15) is 6.07 Å². The van der Waals surface area contributed by atoms with Gasteiger partial charge in [0, 0.05) is 0 Å². The lowest BCUT2D eigenvalue weighted by molar-refractivity contribution is 0.178. The molecule has 0 saturated heterocycles. The Morgan fingerprint density at radius 3 is 2.92 bits per heavy atom. The number of hydrogen-bond donors (Lipinski definition) is 0. The van der Waals surface area contributed by atoms with Crippen LogP contribution in [0.1, 0.15) is 12.5 Å². The van der Waals surface area contributed by atoms with Gasteiger partial charge >= 0.3 is 0 Å². The molecule has 0 N–H and O–H groups in total. The third-order valence-corrected chi connectivity index (χ3v) is 1.47. The molecule has 0 amide bonds. The normalized spacial score (nSPS) is 10.6. The number of oxime groups is 1. The Bertz CT molecular complexity index is 325. The predicted octanol–water partition coefficient (Wildman–Crippen LogP) is 1.75. The van der Waals surface area contributed by atoms with Gasteiger partial charge in [-0.2, -0.15) is 5.26 Å². The molecule has 1 radical (unpaired) electrons. The van der Waals surface area contributed by atoms with Gasteiger partial charge in [-0.25, -0.2) is 0 Å². The summed E-state index contributed by atoms with van der Waals surface area (Å²) in [6.45, 7) is 1.81. The van der Waals surface area contributed by atoms with Crippen molar-refractivity contribution in [3.63, 3.8) is 0 Å². The van der Waals surface area contributed by atoms with E-state index in [-0.39, 0.29) is 6.61 Å². The topological polar surface area (TPSA) is 45.4 Å². The highest BCUT2D eigenvalue weighted by Gasteiger charge is 1.94. The summed E-state index contributed by atoms with van der Waals surface area (Å²) in [6.07, 6.45) is 0. The smallest absolute Gasteiger partial charge is 0.202 e. The fraction of sp³-hybridized carbons (Fsp3) is 0.200. The molecule has 0 spiro atoms. The molecule has 13 heavy (non-hydrogen) atoms. The summed E-state index contributed by atoms with van der Waals surface area (Å²) in [4.78, 5) is 4.72. The van der Waals surface area contributed by atoms with Crippen LogP contribution in [-0.2, 0) is 4.84 Å². The number of hydrogen-bond acceptors (Lipinski definition) is 3. The van der Waals surface area contributed by atoms with Crippen molar-refractivity contribution in [3.8, 4) is 6.07 Å². The standard InChI is InChI=1S/C10H9N2O/c1-9(12-13-8-7-11)10-5-3-2-4-6-10/h3-6H,8H2,1H3. The molecule has 3 nitrogen and oxygen atoms in total. The van der Waals surface area contributed by atoms with Crippen LogP contribution in [-0.4, -0.2) is 12.3 Å². The molecule has 1 aromatic carbocycles. The Morgan fingerprint density at radius 2 is 2.31 bits per heavy atom. The van der Waals surface area contributed by atoms with E-state index >= 15 is 0 Å². The van der Waals surface area contributed by atoms with E-state index in [0.717, 1.165) is 11.3 Å². The SMILES string of the molecule is CC(=NOCC#N)c1cc[c]cc1. The van der Waals surface area contributed by atoms with E-state index < -0.39 is 0 Å². The predicted molar refractivity (Wildman–Crippen MR) is 49.1 cm³/mol. The van der Waals surface area contributed by atoms with Crippen LogP contribution in [0.2, 0.25) is 0 Å². The van der Waals surface area contributed by atoms with E-state index in [9.17, 15) is 0 Å². The maximum Gasteiger partial charge on any atom is 0.202 e. The summed E-state index contributed by atoms with van der Waals surface area (Å²) in [5.41, 5.74) is 1.72. The van der Waals surface area contributed by atoms with Crippen LogP contribution in [0.4, 0.5) is 0 Å². The van der Waals surface area contributed by atoms with Crippen LogP contribution in [0, 0.1) is 17.4 Å². The molecule has 0 aromatic heterocycles. The van der Waals surface area contributed by atoms with Crippen LogP contribution in [0.15, 0.2) is 29.4 Å². The molecule has 0 aliphatic heterocycles. The first-order valence-electron chi connectivity index (χ1n) is 3.84. The maximum atomic E-state index is 8.20. The highest BCUT2D eigenvalue weighted by molar-refractivity contribution is 5.98. The molecular weight excluding hydrogens is 164 g/mol. The maximum absolute atomic E-state index is 8.20. The minimum Gasteiger partial charge on any atom is -0.380 e. The van der Waals surface area contributed by atoms with E-state index in [1.807, 2.05) is 25.1 Å². The Morgan fingerprint density at radius 1 is 1.62 bits per heavy atom. The van der Waals surface area contributed by atoms with Gasteiger partial charge in [0.2, 0.25) is 6.61 Å². The van der Waals surface area contributed by atoms with Gasteiger partial charge in [0.05, 0.1) is 5.71 Å². The molecule has 0 bridgehead atoms. The molecule has 0 fully saturated rings. The highest BCUT2D eigenvalue weighted by Crippen LogP contribution is 2.00. The van der Waals surface area contributed by atoms with Gasteiger partial charge in [-0.05, 0) is 18.6 Å². The molecule has 0 aliphatic rings. The summed E-state index contributed by atoms with van der Waals surface area (Å²) >= 11 is 0. The molecule has 0 saturated carbocycles. The van der Waals surface area contributed by atoms with Crippen molar-refractivity contribution < 1.29 is 4.84 Å². The second-order valence-electron chi connectivity index (χ2n) is 2.40. The molecule has 1 aromatic rings. The van der Waals surface area contributed by atoms with E-state index in [2.05, 4.69) is 11.2 Å². The van der Waals surface area contributed by atoms with E-state index in [1.54, 1.807) is 12.1 Å². The van der Waals surface area contributed by atoms with E-state index in [0.29, 0.717) is 0 Å². The highest BCUT2D eigenvalue weighted by atomic mass is 16.6. The first-order chi connectivity index (χ1) is 6.34. The molecule has 0 aliphatic carbocycles. The zero-order valence-electron chi connectivity index (χ0n) is 7.32. The fourth-order valence-electron chi connectivity index (χ4n) is 0.839. The Kier molecular flexibility index (Phi) is 3.52. The van der Waals surface area contributed by atoms with Crippen molar-refractivity contribution in [2.75, 3.05) is 6.61 Å². The second kappa shape index (κ2) is 4.94. The monoisotopic (exact) mass is 173 g/mol. The van der Waals surface area contributed by atoms with Gasteiger partial charge in [0.15, 0.2) is 0 Å². The van der Waals surface area contributed by atoms with Crippen molar-refractivity contribution in [3.05, 3.63) is 35.9 Å². The average molecular weight is 173 g/mol. The Labute approximate surface area is 77.2 Å². The lowest BCUT2D eigenvalue weighted by Crippen LogP contribution is -1.95. The molecule has 1 rings (SSSR count). The molecular formula is C10H9N2O. The van der Waals surface area contributed by atoms with E-state index in [1.165, 1.54) is 0 Å². The van der Waals surface area contributed by atoms with Gasteiger partial charge in [-0.3, -0.25) is 0 Å². The lowest BCUT2D eigenvalue weighted by Gasteiger charge is -1.98. The van der Waals surface area contributed by atoms with Crippen LogP contribution < -0.4 is 0 Å². The third kappa shape index (κ3) is 2.96. The minimum atomic E-state index is -0.0176. The van der Waals surface area contributed by atoms with Crippen molar-refractivity contribution >= 4 is 5.71 Å². The van der Waals surface area contributed by atoms with Gasteiger partial charge < -0.3 is 4.84 Å². The van der Waals surface area contributed by atoms with Crippen LogP contribution in [0.25, 0.3) is 0 Å². The minimum absolute atomic E-state index is 0.0176. The van der Waals surface area contributed by atoms with E-state index in [4.69, 9.17) is 10.1 Å². The zero-order valence-corrected chi connectivity index (χ0v) is 7.32. The van der Waals surface area contributed by atoms with Crippen molar-refractivity contribution in [2.24, 2.45) is 5.16 Å². The Hall–Kier alpha value is -1.82. The number of benzene rings is 1. The van der Waals surface area contributed by atoms with Crippen molar-refractivity contribution in [1.82, 2.24) is 0 Å². The first-order valence-corrected chi connectivity index (χ1v) is 3.84. The molecule has 0 heterocycles. The molecule has 0 atom stereocenters. The van der Waals surface area contributed by atoms with Crippen LogP contribution >= 0.6 is 0 Å². The van der Waals surface area contributed by atoms with Crippen molar-refractivity contribution in [2.45, 2.75) is 6.92 Å². The van der Waals surface area contributed by atoms with Crippen LogP contribution in [0.3, 0.4) is 0 Å². The first kappa shape index (κ1) is 9.27. The number of nitriles is 1. The quantitative estimate of drug-likeness (QED) is 0.397. The Balaban J connectivity index is 2.63. The van der Waals surface area contributed by atoms with Gasteiger partial charge in [-0.15, -0.1) is 0 Å². The molecule has 65 valence electrons. The zero-order chi connectivity index (χ0) is 9.52. The van der Waals surface area contributed by atoms with Crippen molar-refractivity contribution in [1.29, 1.82) is 5.26 Å². The number of rotatable bonds is 3. The largest absolute Gasteiger partial charge is 0.380 e. The average Bonchev–Trinajstić information content (AvgIpc) is 2.19. The second-order valence-corrected chi connectivity index (χ2v) is 2.40. The lowest BCUT2D eigenvalue weighted by atomic mass is 10.1. The molecule has 0 unspecified atom stereocenters. The number of nitrogens with zero attached hydrogens (tertiary/aromatic N) is 2. The third-order valence-electron chi connectivity index (χ3n) is 1.47. The van der Waals surface area contributed by atoms with Gasteiger partial charge in [0.25, 0.3) is 0 Å². The van der Waals surface area contributed by atoms with Gasteiger partial charge in [-0.1, -0.05) is 29.4 Å². The summed E-state index contributed by atoms with van der Waals surface area (Å²) in [5.74, 6) is 0. The summed E-state index contributed by atoms with van der Waals surface area (Å²) in [7, 11) is 0. The summed E-state index contributed by atoms with van der Waals surface area (Å²) in [5, 5.41) is 12.0.